The first-order valence-corrected chi connectivity index (χ1v) is 5.24. The second kappa shape index (κ2) is 4.88. The highest BCUT2D eigenvalue weighted by Gasteiger charge is 2.06. The van der Waals surface area contributed by atoms with E-state index in [0.717, 1.165) is 5.56 Å². The highest BCUT2D eigenvalue weighted by atomic mass is 16.5. The number of nitrogen functional groups attached to an aromatic ring is 1. The predicted molar refractivity (Wildman–Crippen MR) is 64.8 cm³/mol. The molecule has 0 aliphatic rings. The zero-order valence-electron chi connectivity index (χ0n) is 9.88. The van der Waals surface area contributed by atoms with Crippen LogP contribution in [0.15, 0.2) is 30.5 Å². The van der Waals surface area contributed by atoms with E-state index in [1.54, 1.807) is 25.0 Å². The lowest BCUT2D eigenvalue weighted by Crippen LogP contribution is -1.93. The topological polar surface area (TPSA) is 62.3 Å². The molecular weight excluding hydrogens is 218 g/mol. The highest BCUT2D eigenvalue weighted by molar-refractivity contribution is 5.48. The molecule has 1 heterocycles. The lowest BCUT2D eigenvalue weighted by Gasteiger charge is -2.05. The molecular formula is C12H15N3O2. The first-order valence-electron chi connectivity index (χ1n) is 5.24. The number of aromatic nitrogens is 2. The summed E-state index contributed by atoms with van der Waals surface area (Å²) >= 11 is 0. The van der Waals surface area contributed by atoms with Crippen LogP contribution >= 0.6 is 0 Å². The van der Waals surface area contributed by atoms with Crippen LogP contribution in [0, 0.1) is 0 Å². The fraction of sp³-hybridized carbons (Fsp3) is 0.250. The van der Waals surface area contributed by atoms with Gasteiger partial charge in [-0.3, -0.25) is 4.68 Å². The summed E-state index contributed by atoms with van der Waals surface area (Å²) in [5.74, 6) is 1.12. The summed E-state index contributed by atoms with van der Waals surface area (Å²) in [6, 6.07) is 7.63. The van der Waals surface area contributed by atoms with Crippen LogP contribution < -0.4 is 10.5 Å². The fourth-order valence-corrected chi connectivity index (χ4v) is 1.54. The van der Waals surface area contributed by atoms with Crippen LogP contribution in [0.3, 0.4) is 0 Å². The summed E-state index contributed by atoms with van der Waals surface area (Å²) in [4.78, 5) is 0. The van der Waals surface area contributed by atoms with Crippen LogP contribution in [-0.4, -0.2) is 16.9 Å². The maximum atomic E-state index is 5.75. The zero-order valence-corrected chi connectivity index (χ0v) is 9.88. The van der Waals surface area contributed by atoms with E-state index in [9.17, 15) is 0 Å². The van der Waals surface area contributed by atoms with Gasteiger partial charge in [-0.1, -0.05) is 12.1 Å². The van der Waals surface area contributed by atoms with Crippen molar-refractivity contribution in [3.63, 3.8) is 0 Å². The van der Waals surface area contributed by atoms with Crippen molar-refractivity contribution in [2.45, 2.75) is 6.61 Å². The Bertz CT molecular complexity index is 508. The van der Waals surface area contributed by atoms with E-state index in [0.29, 0.717) is 23.9 Å². The number of aryl methyl sites for hydroxylation is 1. The van der Waals surface area contributed by atoms with Gasteiger partial charge >= 0.3 is 0 Å². The van der Waals surface area contributed by atoms with Gasteiger partial charge in [0.05, 0.1) is 12.8 Å². The summed E-state index contributed by atoms with van der Waals surface area (Å²) in [5.41, 5.74) is 7.31. The third-order valence-electron chi connectivity index (χ3n) is 2.25. The average molecular weight is 233 g/mol. The lowest BCUT2D eigenvalue weighted by molar-refractivity contribution is 0.184. The minimum absolute atomic E-state index is 0.419. The van der Waals surface area contributed by atoms with Crippen molar-refractivity contribution < 1.29 is 9.47 Å². The number of benzene rings is 1. The van der Waals surface area contributed by atoms with Gasteiger partial charge in [-0.25, -0.2) is 0 Å². The van der Waals surface area contributed by atoms with Crippen LogP contribution in [0.5, 0.6) is 11.6 Å². The summed E-state index contributed by atoms with van der Waals surface area (Å²) < 4.78 is 12.3. The molecule has 5 heteroatoms. The lowest BCUT2D eigenvalue weighted by atomic mass is 10.2. The standard InChI is InChI=1S/C12H15N3O2/c1-15-7-11(13)12(14-15)17-10-5-3-4-9(6-10)8-16-2/h3-7H,8,13H2,1-2H3. The molecule has 0 saturated heterocycles. The number of nitrogens with two attached hydrogens (primary N) is 1. The molecule has 0 atom stereocenters. The maximum absolute atomic E-state index is 5.75. The minimum Gasteiger partial charge on any atom is -0.436 e. The van der Waals surface area contributed by atoms with Gasteiger partial charge < -0.3 is 15.2 Å². The molecule has 5 nitrogen and oxygen atoms in total. The molecule has 0 amide bonds. The quantitative estimate of drug-likeness (QED) is 0.876. The van der Waals surface area contributed by atoms with E-state index in [4.69, 9.17) is 15.2 Å². The summed E-state index contributed by atoms with van der Waals surface area (Å²) in [5, 5.41) is 4.12. The molecule has 90 valence electrons. The molecule has 0 spiro atoms. The molecule has 2 N–H and O–H groups in total. The van der Waals surface area contributed by atoms with E-state index < -0.39 is 0 Å². The van der Waals surface area contributed by atoms with Gasteiger partial charge in [0.25, 0.3) is 5.88 Å². The molecule has 17 heavy (non-hydrogen) atoms. The Morgan fingerprint density at radius 3 is 2.88 bits per heavy atom. The summed E-state index contributed by atoms with van der Waals surface area (Å²) in [6.07, 6.45) is 1.70. The minimum atomic E-state index is 0.419. The van der Waals surface area contributed by atoms with E-state index in [1.165, 1.54) is 0 Å². The number of ether oxygens (including phenoxy) is 2. The van der Waals surface area contributed by atoms with Crippen LogP contribution in [-0.2, 0) is 18.4 Å². The van der Waals surface area contributed by atoms with Crippen LogP contribution in [0.1, 0.15) is 5.56 Å². The van der Waals surface area contributed by atoms with Gasteiger partial charge in [0.1, 0.15) is 11.4 Å². The fourth-order valence-electron chi connectivity index (χ4n) is 1.54. The second-order valence-corrected chi connectivity index (χ2v) is 3.75. The maximum Gasteiger partial charge on any atom is 0.261 e. The van der Waals surface area contributed by atoms with E-state index in [1.807, 2.05) is 24.3 Å². The number of hydrogen-bond acceptors (Lipinski definition) is 4. The SMILES string of the molecule is COCc1cccc(Oc2nn(C)cc2N)c1. The van der Waals surface area contributed by atoms with Crippen molar-refractivity contribution in [3.8, 4) is 11.6 Å². The Hall–Kier alpha value is -2.01. The smallest absolute Gasteiger partial charge is 0.261 e. The molecule has 1 aromatic carbocycles. The van der Waals surface area contributed by atoms with Crippen LogP contribution in [0.25, 0.3) is 0 Å². The molecule has 1 aromatic heterocycles. The van der Waals surface area contributed by atoms with Gasteiger partial charge in [0, 0.05) is 14.2 Å². The molecule has 0 aliphatic carbocycles. The summed E-state index contributed by atoms with van der Waals surface area (Å²) in [6.45, 7) is 0.550. The van der Waals surface area contributed by atoms with Crippen molar-refractivity contribution in [2.75, 3.05) is 12.8 Å². The van der Waals surface area contributed by atoms with Crippen molar-refractivity contribution in [1.29, 1.82) is 0 Å². The van der Waals surface area contributed by atoms with E-state index >= 15 is 0 Å². The molecule has 2 rings (SSSR count). The molecule has 0 radical (unpaired) electrons. The Kier molecular flexibility index (Phi) is 3.30. The van der Waals surface area contributed by atoms with Crippen molar-refractivity contribution in [2.24, 2.45) is 7.05 Å². The van der Waals surface area contributed by atoms with E-state index in [2.05, 4.69) is 5.10 Å². The molecule has 0 unspecified atom stereocenters. The number of rotatable bonds is 4. The van der Waals surface area contributed by atoms with Gasteiger partial charge in [-0.15, -0.1) is 5.10 Å². The molecule has 0 bridgehead atoms. The molecule has 0 saturated carbocycles. The van der Waals surface area contributed by atoms with Crippen LogP contribution in [0.4, 0.5) is 5.69 Å². The molecule has 2 aromatic rings. The number of hydrogen-bond donors (Lipinski definition) is 1. The van der Waals surface area contributed by atoms with Crippen LogP contribution in [0.2, 0.25) is 0 Å². The van der Waals surface area contributed by atoms with Gasteiger partial charge in [-0.05, 0) is 17.7 Å². The summed E-state index contributed by atoms with van der Waals surface area (Å²) in [7, 11) is 3.45. The Morgan fingerprint density at radius 2 is 2.24 bits per heavy atom. The third kappa shape index (κ3) is 2.76. The number of methoxy groups -OCH3 is 1. The van der Waals surface area contributed by atoms with Gasteiger partial charge in [0.2, 0.25) is 0 Å². The Balaban J connectivity index is 2.18. The molecule has 0 aliphatic heterocycles. The number of nitrogens with zero attached hydrogens (tertiary/aromatic N) is 2. The normalized spacial score (nSPS) is 10.5. The first kappa shape index (κ1) is 11.5. The average Bonchev–Trinajstić information content (AvgIpc) is 2.58. The monoisotopic (exact) mass is 233 g/mol. The van der Waals surface area contributed by atoms with Gasteiger partial charge in [-0.2, -0.15) is 0 Å². The predicted octanol–water partition coefficient (Wildman–Crippen LogP) is 1.94. The first-order chi connectivity index (χ1) is 8.19. The largest absolute Gasteiger partial charge is 0.436 e. The third-order valence-corrected chi connectivity index (χ3v) is 2.25. The Morgan fingerprint density at radius 1 is 1.41 bits per heavy atom. The van der Waals surface area contributed by atoms with Crippen molar-refractivity contribution in [3.05, 3.63) is 36.0 Å². The van der Waals surface area contributed by atoms with E-state index in [-0.39, 0.29) is 0 Å². The zero-order chi connectivity index (χ0) is 12.3. The van der Waals surface area contributed by atoms with Crippen molar-refractivity contribution >= 4 is 5.69 Å². The highest BCUT2D eigenvalue weighted by Crippen LogP contribution is 2.25. The second-order valence-electron chi connectivity index (χ2n) is 3.75. The van der Waals surface area contributed by atoms with Gasteiger partial charge in [0.15, 0.2) is 0 Å². The molecule has 0 fully saturated rings. The van der Waals surface area contributed by atoms with Crippen molar-refractivity contribution in [1.82, 2.24) is 9.78 Å². The number of anilines is 1. The Labute approximate surface area is 99.8 Å².